The molecular weight excluding hydrogens is 559 g/mol. The maximum atomic E-state index is 12.6. The highest BCUT2D eigenvalue weighted by Crippen LogP contribution is 2.25. The van der Waals surface area contributed by atoms with Gasteiger partial charge in [-0.3, -0.25) is 14.7 Å². The Kier molecular flexibility index (Phi) is 14.9. The Morgan fingerprint density at radius 3 is 2.43 bits per heavy atom. The number of ether oxygens (including phenoxy) is 2. The number of nitrogens with two attached hydrogens (primary N) is 1. The molecule has 0 atom stereocenters. The summed E-state index contributed by atoms with van der Waals surface area (Å²) < 4.78 is 24.7. The van der Waals surface area contributed by atoms with Crippen LogP contribution in [0.5, 0.6) is 0 Å². The number of hydrogen-bond acceptors (Lipinski definition) is 8. The number of hydrogen-bond donors (Lipinski definition) is 2. The summed E-state index contributed by atoms with van der Waals surface area (Å²) in [6, 6.07) is 6.32. The second-order valence-electron chi connectivity index (χ2n) is 9.72. The molecule has 1 heterocycles. The van der Waals surface area contributed by atoms with Gasteiger partial charge >= 0.3 is 6.09 Å². The highest BCUT2D eigenvalue weighted by atomic mass is 32.2. The van der Waals surface area contributed by atoms with E-state index < -0.39 is 17.6 Å². The summed E-state index contributed by atoms with van der Waals surface area (Å²) in [4.78, 5) is 34.8. The molecule has 0 saturated heterocycles. The zero-order valence-corrected chi connectivity index (χ0v) is 26.1. The van der Waals surface area contributed by atoms with E-state index in [9.17, 15) is 14.0 Å². The molecule has 0 fully saturated rings. The summed E-state index contributed by atoms with van der Waals surface area (Å²) >= 11 is 1.56. The number of carbonyl (C=O) groups is 2. The maximum Gasteiger partial charge on any atom is 0.414 e. The molecule has 1 aromatic carbocycles. The summed E-state index contributed by atoms with van der Waals surface area (Å²) in [5, 5.41) is 2.76. The van der Waals surface area contributed by atoms with Crippen molar-refractivity contribution in [2.24, 2.45) is 10.7 Å². The van der Waals surface area contributed by atoms with Gasteiger partial charge < -0.3 is 25.1 Å². The molecule has 42 heavy (non-hydrogen) atoms. The van der Waals surface area contributed by atoms with E-state index in [0.29, 0.717) is 24.5 Å². The van der Waals surface area contributed by atoms with Crippen molar-refractivity contribution < 1.29 is 23.5 Å². The molecule has 0 aliphatic heterocycles. The molecule has 10 nitrogen and oxygen atoms in total. The van der Waals surface area contributed by atoms with Crippen LogP contribution in [0, 0.1) is 5.82 Å². The largest absolute Gasteiger partial charge is 0.502 e. The Morgan fingerprint density at radius 1 is 1.29 bits per heavy atom. The number of amides is 2. The first kappa shape index (κ1) is 35.7. The molecule has 0 aliphatic rings. The van der Waals surface area contributed by atoms with Crippen molar-refractivity contribution in [1.29, 1.82) is 0 Å². The van der Waals surface area contributed by atoms with Gasteiger partial charge in [-0.25, -0.2) is 14.2 Å². The zero-order chi connectivity index (χ0) is 31.9. The number of imidazole rings is 1. The number of likely N-dealkylation sites (N-methyl/N-ethyl adjacent to an activating group) is 1. The highest BCUT2D eigenvalue weighted by molar-refractivity contribution is 8.07. The van der Waals surface area contributed by atoms with Crippen LogP contribution < -0.4 is 11.1 Å². The molecule has 0 unspecified atom stereocenters. The monoisotopic (exact) mass is 600 g/mol. The van der Waals surface area contributed by atoms with Crippen molar-refractivity contribution in [1.82, 2.24) is 19.8 Å². The number of aromatic nitrogens is 2. The fourth-order valence-electron chi connectivity index (χ4n) is 3.26. The third-order valence-electron chi connectivity index (χ3n) is 5.15. The average molecular weight is 601 g/mol. The highest BCUT2D eigenvalue weighted by Gasteiger charge is 2.25. The van der Waals surface area contributed by atoms with Crippen molar-refractivity contribution in [3.8, 4) is 0 Å². The SMILES string of the molecule is C=Cc1ncn(CCNC(=O)/C(=C/OC)N(C)C(=O)OC(C)(C)C)c1/C=C(\C)N.C=N/C=C(\SC)c1ccc(F)cc1. The molecule has 0 radical (unpaired) electrons. The Balaban J connectivity index is 0.000000563. The van der Waals surface area contributed by atoms with Gasteiger partial charge in [-0.2, -0.15) is 0 Å². The van der Waals surface area contributed by atoms with E-state index in [2.05, 4.69) is 28.6 Å². The predicted molar refractivity (Wildman–Crippen MR) is 170 cm³/mol. The number of carbonyl (C=O) groups excluding carboxylic acids is 2. The van der Waals surface area contributed by atoms with E-state index in [-0.39, 0.29) is 11.5 Å². The van der Waals surface area contributed by atoms with E-state index in [1.165, 1.54) is 32.6 Å². The number of methoxy groups -OCH3 is 1. The topological polar surface area (TPSA) is 124 Å². The van der Waals surface area contributed by atoms with E-state index in [1.54, 1.807) is 76.3 Å². The lowest BCUT2D eigenvalue weighted by Gasteiger charge is -2.25. The first-order valence-electron chi connectivity index (χ1n) is 12.8. The Morgan fingerprint density at radius 2 is 1.93 bits per heavy atom. The second-order valence-corrected chi connectivity index (χ2v) is 10.6. The lowest BCUT2D eigenvalue weighted by molar-refractivity contribution is -0.119. The summed E-state index contributed by atoms with van der Waals surface area (Å²) in [7, 11) is 2.84. The van der Waals surface area contributed by atoms with Gasteiger partial charge in [0.05, 0.1) is 24.8 Å². The molecule has 2 amide bonds. The Hall–Kier alpha value is -4.32. The lowest BCUT2D eigenvalue weighted by Crippen LogP contribution is -2.40. The first-order valence-corrected chi connectivity index (χ1v) is 14.1. The molecule has 1 aromatic heterocycles. The summed E-state index contributed by atoms with van der Waals surface area (Å²) in [5.41, 5.74) is 8.20. The smallest absolute Gasteiger partial charge is 0.414 e. The van der Waals surface area contributed by atoms with Gasteiger partial charge in [0.2, 0.25) is 0 Å². The minimum atomic E-state index is -0.685. The quantitative estimate of drug-likeness (QED) is 0.198. The summed E-state index contributed by atoms with van der Waals surface area (Å²) in [5.74, 6) is -0.702. The van der Waals surface area contributed by atoms with Crippen LogP contribution >= 0.6 is 11.8 Å². The van der Waals surface area contributed by atoms with Crippen molar-refractivity contribution in [2.45, 2.75) is 39.8 Å². The molecule has 228 valence electrons. The van der Waals surface area contributed by atoms with Crippen LogP contribution in [0.1, 0.15) is 44.6 Å². The zero-order valence-electron chi connectivity index (χ0n) is 25.3. The normalized spacial score (nSPS) is 12.0. The minimum Gasteiger partial charge on any atom is -0.502 e. The van der Waals surface area contributed by atoms with E-state index in [1.807, 2.05) is 10.8 Å². The number of rotatable bonds is 11. The number of thioether (sulfide) groups is 1. The van der Waals surface area contributed by atoms with E-state index >= 15 is 0 Å². The van der Waals surface area contributed by atoms with Crippen molar-refractivity contribution in [2.75, 3.05) is 27.0 Å². The van der Waals surface area contributed by atoms with E-state index in [0.717, 1.165) is 21.1 Å². The molecule has 0 bridgehead atoms. The van der Waals surface area contributed by atoms with Crippen LogP contribution in [0.2, 0.25) is 0 Å². The standard InChI is InChI=1S/C20H31N5O4.C10H10FNS/c1-8-15-16(11-14(2)21)25(13-23-15)10-9-22-18(26)17(12-28-7)24(6)19(27)29-20(3,4)5;1-12-7-10(13-2)8-3-5-9(11)6-4-8/h8,11-13H,1,9-10,21H2,2-7H3,(H,22,26);3-7H,1H2,2H3/b14-11+,17-12-;10-7-. The van der Waals surface area contributed by atoms with Crippen LogP contribution in [0.4, 0.5) is 9.18 Å². The Labute approximate surface area is 251 Å². The Bertz CT molecular complexity index is 1310. The summed E-state index contributed by atoms with van der Waals surface area (Å²) in [6.45, 7) is 14.9. The molecular formula is C30H41FN6O4S. The third-order valence-corrected chi connectivity index (χ3v) is 5.93. The van der Waals surface area contributed by atoms with Gasteiger partial charge in [0.15, 0.2) is 0 Å². The fraction of sp³-hybridized carbons (Fsp3) is 0.333. The molecule has 0 aliphatic carbocycles. The predicted octanol–water partition coefficient (Wildman–Crippen LogP) is 5.50. The van der Waals surface area contributed by atoms with Crippen molar-refractivity contribution in [3.63, 3.8) is 0 Å². The van der Waals surface area contributed by atoms with Gasteiger partial charge in [-0.15, -0.1) is 11.8 Å². The molecule has 2 rings (SSSR count). The maximum absolute atomic E-state index is 12.6. The summed E-state index contributed by atoms with van der Waals surface area (Å²) in [6.07, 6.45) is 9.22. The van der Waals surface area contributed by atoms with Gasteiger partial charge in [0.25, 0.3) is 5.91 Å². The lowest BCUT2D eigenvalue weighted by atomic mass is 10.2. The second kappa shape index (κ2) is 17.5. The number of nitrogens with one attached hydrogen (secondary N) is 1. The third kappa shape index (κ3) is 12.0. The molecule has 0 spiro atoms. The number of nitrogens with zero attached hydrogens (tertiary/aromatic N) is 4. The van der Waals surface area contributed by atoms with Crippen LogP contribution in [0.3, 0.4) is 0 Å². The van der Waals surface area contributed by atoms with Crippen LogP contribution in [0.15, 0.2) is 66.0 Å². The van der Waals surface area contributed by atoms with E-state index in [4.69, 9.17) is 15.2 Å². The molecule has 3 N–H and O–H groups in total. The number of halogens is 1. The fourth-order valence-corrected chi connectivity index (χ4v) is 3.81. The van der Waals surface area contributed by atoms with Crippen LogP contribution in [-0.4, -0.2) is 65.7 Å². The molecule has 2 aromatic rings. The van der Waals surface area contributed by atoms with Gasteiger partial charge in [-0.05, 0) is 70.5 Å². The van der Waals surface area contributed by atoms with Crippen molar-refractivity contribution in [3.05, 3.63) is 83.8 Å². The average Bonchev–Trinajstić information content (AvgIpc) is 3.30. The van der Waals surface area contributed by atoms with Crippen LogP contribution in [-0.2, 0) is 20.8 Å². The molecule has 0 saturated carbocycles. The van der Waals surface area contributed by atoms with Gasteiger partial charge in [0.1, 0.15) is 23.4 Å². The molecule has 12 heteroatoms. The van der Waals surface area contributed by atoms with Crippen LogP contribution in [0.25, 0.3) is 17.1 Å². The minimum absolute atomic E-state index is 0.0251. The van der Waals surface area contributed by atoms with Crippen molar-refractivity contribution >= 4 is 47.5 Å². The number of allylic oxidation sites excluding steroid dienone is 1. The number of benzene rings is 1. The first-order chi connectivity index (χ1) is 19.8. The van der Waals surface area contributed by atoms with Gasteiger partial charge in [-0.1, -0.05) is 18.7 Å². The van der Waals surface area contributed by atoms with Gasteiger partial charge in [0, 0.05) is 36.9 Å². The number of aliphatic imine (C=N–C) groups is 1.